The Balaban J connectivity index is 1.90. The maximum atomic E-state index is 13.8. The van der Waals surface area contributed by atoms with Gasteiger partial charge in [0.25, 0.3) is 23.4 Å². The minimum absolute atomic E-state index is 0.0175. The van der Waals surface area contributed by atoms with Gasteiger partial charge in [-0.1, -0.05) is 29.8 Å². The van der Waals surface area contributed by atoms with Gasteiger partial charge in [0.05, 0.1) is 21.1 Å². The molecule has 9 nitrogen and oxygen atoms in total. The summed E-state index contributed by atoms with van der Waals surface area (Å²) in [5.74, 6) is -4.73. The van der Waals surface area contributed by atoms with Gasteiger partial charge in [-0.2, -0.15) is 5.01 Å². The number of nitro benzene ring substituents is 1. The van der Waals surface area contributed by atoms with Gasteiger partial charge in [0, 0.05) is 17.5 Å². The first-order chi connectivity index (χ1) is 17.7. The number of hydrazine groups is 1. The highest BCUT2D eigenvalue weighted by atomic mass is 35.5. The molecule has 0 aromatic heterocycles. The number of nitrogens with zero attached hydrogens (tertiary/aromatic N) is 3. The van der Waals surface area contributed by atoms with Gasteiger partial charge in [-0.05, 0) is 48.9 Å². The molecule has 0 aliphatic carbocycles. The molecule has 0 N–H and O–H groups in total. The van der Waals surface area contributed by atoms with Gasteiger partial charge in [-0.3, -0.25) is 29.3 Å². The lowest BCUT2D eigenvalue weighted by molar-refractivity contribution is -0.385. The average molecular weight is 544 g/mol. The van der Waals surface area contributed by atoms with E-state index in [1.165, 1.54) is 42.5 Å². The molecule has 3 aromatic rings. The number of halogens is 3. The molecular weight excluding hydrogens is 528 g/mol. The van der Waals surface area contributed by atoms with Gasteiger partial charge in [-0.25, -0.2) is 9.40 Å². The highest BCUT2D eigenvalue weighted by Crippen LogP contribution is 2.34. The standard InChI is InChI=1S/C25H16Cl2FN3O6/c26-13-12-20(22(32)14-8-10-15(28)11-9-14)29(23(33)16-4-1-2-6-18(16)27)30-24(34)17-5-3-7-19(31(36)37)21(17)25(30)35/h1-11,20H,12-13H2/t20-/m0/s1. The summed E-state index contributed by atoms with van der Waals surface area (Å²) in [4.78, 5) is 65.0. The number of rotatable bonds is 8. The van der Waals surface area contributed by atoms with Gasteiger partial charge in [0.2, 0.25) is 0 Å². The Morgan fingerprint density at radius 3 is 2.30 bits per heavy atom. The number of benzene rings is 3. The summed E-state index contributed by atoms with van der Waals surface area (Å²) in [5, 5.41) is 12.6. The van der Waals surface area contributed by atoms with Gasteiger partial charge >= 0.3 is 0 Å². The molecule has 1 heterocycles. The summed E-state index contributed by atoms with van der Waals surface area (Å²) in [6, 6.07) is 12.2. The summed E-state index contributed by atoms with van der Waals surface area (Å²) in [5.41, 5.74) is -1.62. The quantitative estimate of drug-likeness (QED) is 0.131. The molecule has 4 rings (SSSR count). The van der Waals surface area contributed by atoms with Crippen molar-refractivity contribution in [3.63, 3.8) is 0 Å². The molecular formula is C25H16Cl2FN3O6. The molecule has 1 atom stereocenters. The van der Waals surface area contributed by atoms with Crippen molar-refractivity contribution >= 4 is 52.4 Å². The van der Waals surface area contributed by atoms with Crippen molar-refractivity contribution in [1.29, 1.82) is 0 Å². The number of alkyl halides is 1. The minimum atomic E-state index is -1.52. The summed E-state index contributed by atoms with van der Waals surface area (Å²) >= 11 is 12.2. The number of amides is 3. The third kappa shape index (κ3) is 4.68. The number of imide groups is 1. The lowest BCUT2D eigenvalue weighted by Crippen LogP contribution is -2.57. The third-order valence-electron chi connectivity index (χ3n) is 5.71. The van der Waals surface area contributed by atoms with E-state index in [0.29, 0.717) is 10.0 Å². The van der Waals surface area contributed by atoms with Gasteiger partial charge in [0.1, 0.15) is 17.4 Å². The van der Waals surface area contributed by atoms with Crippen LogP contribution in [0, 0.1) is 15.9 Å². The van der Waals surface area contributed by atoms with E-state index in [0.717, 1.165) is 18.2 Å². The fraction of sp³-hybridized carbons (Fsp3) is 0.120. The summed E-state index contributed by atoms with van der Waals surface area (Å²) in [6.45, 7) is 0. The van der Waals surface area contributed by atoms with E-state index >= 15 is 0 Å². The molecule has 0 saturated heterocycles. The van der Waals surface area contributed by atoms with Gasteiger partial charge in [0.15, 0.2) is 5.78 Å². The topological polar surface area (TPSA) is 118 Å². The monoisotopic (exact) mass is 543 g/mol. The fourth-order valence-electron chi connectivity index (χ4n) is 4.01. The summed E-state index contributed by atoms with van der Waals surface area (Å²) in [7, 11) is 0. The fourth-order valence-corrected chi connectivity index (χ4v) is 4.43. The lowest BCUT2D eigenvalue weighted by Gasteiger charge is -2.36. The van der Waals surface area contributed by atoms with Crippen LogP contribution in [0.2, 0.25) is 5.02 Å². The van der Waals surface area contributed by atoms with E-state index in [2.05, 4.69) is 0 Å². The van der Waals surface area contributed by atoms with Crippen LogP contribution < -0.4 is 0 Å². The van der Waals surface area contributed by atoms with Crippen molar-refractivity contribution in [2.75, 3.05) is 5.88 Å². The molecule has 0 saturated carbocycles. The highest BCUT2D eigenvalue weighted by Gasteiger charge is 2.49. The van der Waals surface area contributed by atoms with Crippen LogP contribution in [-0.2, 0) is 0 Å². The molecule has 0 fully saturated rings. The van der Waals surface area contributed by atoms with Crippen LogP contribution >= 0.6 is 23.2 Å². The molecule has 0 spiro atoms. The van der Waals surface area contributed by atoms with Gasteiger partial charge < -0.3 is 0 Å². The number of Topliss-reactive ketones (excluding diaryl/α,β-unsaturated/α-hetero) is 1. The number of hydrogen-bond acceptors (Lipinski definition) is 6. The van der Waals surface area contributed by atoms with E-state index < -0.39 is 51.5 Å². The van der Waals surface area contributed by atoms with Crippen molar-refractivity contribution in [1.82, 2.24) is 10.0 Å². The minimum Gasteiger partial charge on any atom is -0.292 e. The van der Waals surface area contributed by atoms with E-state index in [-0.39, 0.29) is 34.0 Å². The Hall–Kier alpha value is -4.15. The number of hydrogen-bond donors (Lipinski definition) is 0. The smallest absolute Gasteiger partial charge is 0.287 e. The third-order valence-corrected chi connectivity index (χ3v) is 6.25. The van der Waals surface area contributed by atoms with Crippen LogP contribution in [0.25, 0.3) is 0 Å². The van der Waals surface area contributed by atoms with Crippen molar-refractivity contribution in [2.24, 2.45) is 0 Å². The molecule has 1 aliphatic heterocycles. The zero-order chi connectivity index (χ0) is 26.9. The largest absolute Gasteiger partial charge is 0.292 e. The number of carbonyl (C=O) groups is 4. The second-order valence-electron chi connectivity index (χ2n) is 7.87. The molecule has 12 heteroatoms. The van der Waals surface area contributed by atoms with Crippen LogP contribution in [-0.4, -0.2) is 50.4 Å². The highest BCUT2D eigenvalue weighted by molar-refractivity contribution is 6.34. The Morgan fingerprint density at radius 1 is 1.00 bits per heavy atom. The van der Waals surface area contributed by atoms with E-state index in [4.69, 9.17) is 23.2 Å². The second-order valence-corrected chi connectivity index (χ2v) is 8.66. The molecule has 37 heavy (non-hydrogen) atoms. The summed E-state index contributed by atoms with van der Waals surface area (Å²) < 4.78 is 13.5. The maximum absolute atomic E-state index is 13.8. The predicted molar refractivity (Wildman–Crippen MR) is 131 cm³/mol. The van der Waals surface area contributed by atoms with Crippen LogP contribution in [0.4, 0.5) is 10.1 Å². The zero-order valence-electron chi connectivity index (χ0n) is 18.8. The lowest BCUT2D eigenvalue weighted by atomic mass is 10.0. The first-order valence-electron chi connectivity index (χ1n) is 10.8. The van der Waals surface area contributed by atoms with E-state index in [1.807, 2.05) is 0 Å². The first kappa shape index (κ1) is 25.9. The van der Waals surface area contributed by atoms with Crippen molar-refractivity contribution in [3.05, 3.63) is 110 Å². The molecule has 0 radical (unpaired) electrons. The van der Waals surface area contributed by atoms with Crippen LogP contribution in [0.5, 0.6) is 0 Å². The number of nitro groups is 1. The second kappa shape index (κ2) is 10.5. The number of ketones is 1. The molecule has 1 aliphatic rings. The number of carbonyl (C=O) groups excluding carboxylic acids is 4. The molecule has 3 amide bonds. The Bertz CT molecular complexity index is 1450. The number of fused-ring (bicyclic) bond motifs is 1. The zero-order valence-corrected chi connectivity index (χ0v) is 20.3. The first-order valence-corrected chi connectivity index (χ1v) is 11.7. The molecule has 188 valence electrons. The Morgan fingerprint density at radius 2 is 1.68 bits per heavy atom. The molecule has 0 unspecified atom stereocenters. The van der Waals surface area contributed by atoms with Crippen LogP contribution in [0.15, 0.2) is 66.7 Å². The average Bonchev–Trinajstić information content (AvgIpc) is 3.13. The van der Waals surface area contributed by atoms with Crippen molar-refractivity contribution < 1.29 is 28.5 Å². The van der Waals surface area contributed by atoms with Crippen LogP contribution in [0.1, 0.15) is 47.9 Å². The molecule has 3 aromatic carbocycles. The maximum Gasteiger partial charge on any atom is 0.287 e. The summed E-state index contributed by atoms with van der Waals surface area (Å²) in [6.07, 6.45) is -0.219. The van der Waals surface area contributed by atoms with E-state index in [9.17, 15) is 33.7 Å². The van der Waals surface area contributed by atoms with E-state index in [1.54, 1.807) is 6.07 Å². The predicted octanol–water partition coefficient (Wildman–Crippen LogP) is 4.92. The van der Waals surface area contributed by atoms with Crippen molar-refractivity contribution in [2.45, 2.75) is 12.5 Å². The van der Waals surface area contributed by atoms with Crippen molar-refractivity contribution in [3.8, 4) is 0 Å². The SMILES string of the molecule is O=C(c1ccc(F)cc1)[C@H](CCCl)N(C(=O)c1ccccc1Cl)N1C(=O)c2cccc([N+](=O)[O-])c2C1=O. The Labute approximate surface area is 219 Å². The molecule has 0 bridgehead atoms. The Kier molecular flexibility index (Phi) is 7.33. The normalized spacial score (nSPS) is 13.3. The van der Waals surface area contributed by atoms with Crippen LogP contribution in [0.3, 0.4) is 0 Å². The van der Waals surface area contributed by atoms with Gasteiger partial charge in [-0.15, -0.1) is 11.6 Å².